The number of benzene rings is 2. The Bertz CT molecular complexity index is 817. The molecule has 36 heavy (non-hydrogen) atoms. The second kappa shape index (κ2) is 24.5. The monoisotopic (exact) mass is 495 g/mol. The molecule has 0 heterocycles. The van der Waals surface area contributed by atoms with Crippen molar-refractivity contribution in [3.63, 3.8) is 0 Å². The first-order valence-corrected chi connectivity index (χ1v) is 14.5. The lowest BCUT2D eigenvalue weighted by atomic mass is 9.96. The van der Waals surface area contributed by atoms with E-state index in [9.17, 15) is 4.79 Å². The number of aryl methyl sites for hydroxylation is 2. The van der Waals surface area contributed by atoms with E-state index < -0.39 is 0 Å². The predicted octanol–water partition coefficient (Wildman–Crippen LogP) is 11.2. The molecule has 0 saturated carbocycles. The highest BCUT2D eigenvalue weighted by atomic mass is 16.1. The number of nitrogens with zero attached hydrogens (tertiary/aromatic N) is 1. The van der Waals surface area contributed by atoms with E-state index in [-0.39, 0.29) is 0 Å². The molecule has 1 atom stereocenters. The van der Waals surface area contributed by atoms with Crippen LogP contribution in [0.4, 0.5) is 5.69 Å². The minimum Gasteiger partial charge on any atom is -0.300 e. The normalized spacial score (nSPS) is 11.1. The number of Topliss-reactive ketones (excluding diaryl/α,β-unsaturated/α-hetero) is 1. The molecule has 0 aliphatic heterocycles. The number of carbonyl (C=O) groups excluding carboxylic acids is 1. The van der Waals surface area contributed by atoms with E-state index in [2.05, 4.69) is 89.9 Å². The fourth-order valence-corrected chi connectivity index (χ4v) is 3.63. The molecule has 2 rings (SSSR count). The third-order valence-electron chi connectivity index (χ3n) is 6.02. The minimum absolute atomic E-state index is 0.333. The Kier molecular flexibility index (Phi) is 24.4. The molecule has 0 aromatic heterocycles. The molecule has 0 N–H and O–H groups in total. The van der Waals surface area contributed by atoms with Gasteiger partial charge in [-0.3, -0.25) is 9.79 Å². The molecule has 0 amide bonds. The predicted molar refractivity (Wildman–Crippen MR) is 164 cm³/mol. The van der Waals surface area contributed by atoms with E-state index in [1.54, 1.807) is 6.92 Å². The summed E-state index contributed by atoms with van der Waals surface area (Å²) in [5, 5.41) is 0. The van der Waals surface area contributed by atoms with Gasteiger partial charge >= 0.3 is 0 Å². The third-order valence-corrected chi connectivity index (χ3v) is 6.02. The zero-order valence-corrected chi connectivity index (χ0v) is 25.4. The summed E-state index contributed by atoms with van der Waals surface area (Å²) in [6, 6.07) is 16.6. The van der Waals surface area contributed by atoms with Crippen LogP contribution in [0.5, 0.6) is 0 Å². The van der Waals surface area contributed by atoms with Gasteiger partial charge in [-0.05, 0) is 57.7 Å². The minimum atomic E-state index is 0.333. The molecule has 0 spiro atoms. The van der Waals surface area contributed by atoms with Gasteiger partial charge in [0.25, 0.3) is 0 Å². The van der Waals surface area contributed by atoms with Gasteiger partial charge < -0.3 is 0 Å². The molecule has 0 saturated heterocycles. The van der Waals surface area contributed by atoms with Crippen molar-refractivity contribution in [3.05, 3.63) is 65.2 Å². The second-order valence-electron chi connectivity index (χ2n) is 9.27. The standard InChI is InChI=1S/C16H17N.C9H18O.C7H16.C2H6/c1-12-7-6-9-15(11-12)14(3)17-16-10-5-4-8-13(16)2;1-4-6-7-9(5-2)8(3)10;1-3-5-7-6-4-2;1-2/h4-11H,1-3H3;9H,4-7H2,1-3H3;3-7H2,1-2H3;1-2H3. The summed E-state index contributed by atoms with van der Waals surface area (Å²) in [5.41, 5.74) is 5.77. The van der Waals surface area contributed by atoms with Crippen LogP contribution in [0.15, 0.2) is 53.5 Å². The van der Waals surface area contributed by atoms with E-state index in [1.165, 1.54) is 61.6 Å². The smallest absolute Gasteiger partial charge is 0.132 e. The van der Waals surface area contributed by atoms with Gasteiger partial charge in [0.15, 0.2) is 0 Å². The molecule has 1 unspecified atom stereocenters. The lowest BCUT2D eigenvalue weighted by molar-refractivity contribution is -0.121. The zero-order chi connectivity index (χ0) is 27.8. The summed E-state index contributed by atoms with van der Waals surface area (Å²) in [4.78, 5) is 15.6. The van der Waals surface area contributed by atoms with Crippen molar-refractivity contribution in [2.24, 2.45) is 10.9 Å². The van der Waals surface area contributed by atoms with Crippen LogP contribution in [0.2, 0.25) is 0 Å². The van der Waals surface area contributed by atoms with Gasteiger partial charge in [-0.2, -0.15) is 0 Å². The van der Waals surface area contributed by atoms with Crippen LogP contribution < -0.4 is 0 Å². The number of ketones is 1. The van der Waals surface area contributed by atoms with Gasteiger partial charge in [0.05, 0.1) is 5.69 Å². The van der Waals surface area contributed by atoms with Crippen molar-refractivity contribution >= 4 is 17.2 Å². The van der Waals surface area contributed by atoms with Crippen molar-refractivity contribution in [2.45, 2.75) is 127 Å². The number of unbranched alkanes of at least 4 members (excludes halogenated alkanes) is 5. The Morgan fingerprint density at radius 1 is 0.778 bits per heavy atom. The first kappa shape index (κ1) is 35.9. The number of rotatable bonds is 11. The maximum absolute atomic E-state index is 10.9. The van der Waals surface area contributed by atoms with E-state index in [0.717, 1.165) is 24.2 Å². The molecule has 2 aromatic carbocycles. The zero-order valence-electron chi connectivity index (χ0n) is 25.4. The Balaban J connectivity index is 0. The van der Waals surface area contributed by atoms with Crippen molar-refractivity contribution in [1.82, 2.24) is 0 Å². The second-order valence-corrected chi connectivity index (χ2v) is 9.27. The molecule has 2 nitrogen and oxygen atoms in total. The Morgan fingerprint density at radius 3 is 1.83 bits per heavy atom. The highest BCUT2D eigenvalue weighted by Gasteiger charge is 2.09. The summed E-state index contributed by atoms with van der Waals surface area (Å²) < 4.78 is 0. The Labute approximate surface area is 225 Å². The van der Waals surface area contributed by atoms with Gasteiger partial charge in [0, 0.05) is 11.6 Å². The molecular weight excluding hydrogens is 438 g/mol. The quantitative estimate of drug-likeness (QED) is 0.225. The first-order chi connectivity index (χ1) is 17.3. The van der Waals surface area contributed by atoms with Crippen LogP contribution in [0.1, 0.15) is 130 Å². The highest BCUT2D eigenvalue weighted by Crippen LogP contribution is 2.19. The lowest BCUT2D eigenvalue weighted by Crippen LogP contribution is -2.08. The average molecular weight is 496 g/mol. The number of aliphatic imine (C=N–C) groups is 1. The third kappa shape index (κ3) is 18.1. The molecule has 2 aromatic rings. The van der Waals surface area contributed by atoms with Crippen LogP contribution in [0.3, 0.4) is 0 Å². The average Bonchev–Trinajstić information content (AvgIpc) is 2.88. The summed E-state index contributed by atoms with van der Waals surface area (Å²) >= 11 is 0. The fraction of sp³-hybridized carbons (Fsp3) is 0.588. The van der Waals surface area contributed by atoms with Crippen molar-refractivity contribution in [1.29, 1.82) is 0 Å². The van der Waals surface area contributed by atoms with E-state index in [1.807, 2.05) is 26.0 Å². The molecule has 0 bridgehead atoms. The first-order valence-electron chi connectivity index (χ1n) is 14.5. The summed E-state index contributed by atoms with van der Waals surface area (Å²) in [5.74, 6) is 0.691. The van der Waals surface area contributed by atoms with Crippen LogP contribution in [0.25, 0.3) is 0 Å². The van der Waals surface area contributed by atoms with Gasteiger partial charge in [-0.1, -0.05) is 135 Å². The molecule has 204 valence electrons. The lowest BCUT2D eigenvalue weighted by Gasteiger charge is -2.08. The molecule has 0 radical (unpaired) electrons. The maximum Gasteiger partial charge on any atom is 0.132 e. The number of hydrogen-bond donors (Lipinski definition) is 0. The topological polar surface area (TPSA) is 29.4 Å². The van der Waals surface area contributed by atoms with Crippen LogP contribution in [-0.4, -0.2) is 11.5 Å². The van der Waals surface area contributed by atoms with Crippen molar-refractivity contribution in [2.75, 3.05) is 0 Å². The Hall–Kier alpha value is -2.22. The number of hydrogen-bond acceptors (Lipinski definition) is 2. The van der Waals surface area contributed by atoms with Crippen LogP contribution in [-0.2, 0) is 4.79 Å². The SMILES string of the molecule is CC.CC(=Nc1ccccc1C)c1cccc(C)c1.CCCCC(CC)C(C)=O.CCCCCCC. The molecule has 0 fully saturated rings. The van der Waals surface area contributed by atoms with Crippen molar-refractivity contribution in [3.8, 4) is 0 Å². The summed E-state index contributed by atoms with van der Waals surface area (Å²) in [7, 11) is 0. The van der Waals surface area contributed by atoms with Crippen LogP contribution >= 0.6 is 0 Å². The molecule has 0 aliphatic carbocycles. The largest absolute Gasteiger partial charge is 0.300 e. The van der Waals surface area contributed by atoms with Gasteiger partial charge in [-0.15, -0.1) is 0 Å². The molecule has 2 heteroatoms. The van der Waals surface area contributed by atoms with Gasteiger partial charge in [0.2, 0.25) is 0 Å². The van der Waals surface area contributed by atoms with Crippen molar-refractivity contribution < 1.29 is 4.79 Å². The van der Waals surface area contributed by atoms with E-state index in [0.29, 0.717) is 11.7 Å². The highest BCUT2D eigenvalue weighted by molar-refractivity contribution is 6.00. The summed E-state index contributed by atoms with van der Waals surface area (Å²) in [6.07, 6.45) is 11.5. The summed E-state index contributed by atoms with van der Waals surface area (Å²) in [6.45, 7) is 20.7. The maximum atomic E-state index is 10.9. The van der Waals surface area contributed by atoms with E-state index >= 15 is 0 Å². The number of para-hydroxylation sites is 1. The Morgan fingerprint density at radius 2 is 1.36 bits per heavy atom. The van der Waals surface area contributed by atoms with Gasteiger partial charge in [0.1, 0.15) is 5.78 Å². The fourth-order valence-electron chi connectivity index (χ4n) is 3.63. The van der Waals surface area contributed by atoms with Crippen LogP contribution in [0, 0.1) is 19.8 Å². The molecular formula is C34H57NO. The molecule has 0 aliphatic rings. The van der Waals surface area contributed by atoms with Gasteiger partial charge in [-0.25, -0.2) is 0 Å². The number of carbonyl (C=O) groups is 1. The van der Waals surface area contributed by atoms with E-state index in [4.69, 9.17) is 0 Å².